The van der Waals surface area contributed by atoms with Gasteiger partial charge in [0.25, 0.3) is 5.91 Å². The Morgan fingerprint density at radius 2 is 1.93 bits per heavy atom. The smallest absolute Gasteiger partial charge is 0.276 e. The number of hydrogen-bond acceptors (Lipinski definition) is 4. The lowest BCUT2D eigenvalue weighted by Crippen LogP contribution is -2.43. The molecule has 0 aliphatic carbocycles. The molecule has 0 bridgehead atoms. The quantitative estimate of drug-likeness (QED) is 0.620. The second-order valence-electron chi connectivity index (χ2n) is 7.20. The topological polar surface area (TPSA) is 60.2 Å². The van der Waals surface area contributed by atoms with Gasteiger partial charge in [-0.25, -0.2) is 4.68 Å². The molecule has 1 saturated heterocycles. The number of likely N-dealkylation sites (tertiary alicyclic amines) is 1. The van der Waals surface area contributed by atoms with Crippen LogP contribution < -0.4 is 0 Å². The van der Waals surface area contributed by atoms with Gasteiger partial charge in [-0.15, -0.1) is 5.10 Å². The molecule has 2 aromatic carbocycles. The van der Waals surface area contributed by atoms with Gasteiger partial charge in [0.1, 0.15) is 0 Å². The van der Waals surface area contributed by atoms with E-state index in [4.69, 9.17) is 16.3 Å². The summed E-state index contributed by atoms with van der Waals surface area (Å²) in [5.41, 5.74) is 2.42. The van der Waals surface area contributed by atoms with Gasteiger partial charge in [0.05, 0.1) is 25.5 Å². The first-order valence-electron chi connectivity index (χ1n) is 9.77. The number of amides is 1. The summed E-state index contributed by atoms with van der Waals surface area (Å²) in [6, 6.07) is 17.7. The van der Waals surface area contributed by atoms with Crippen LogP contribution in [0.4, 0.5) is 0 Å². The Bertz CT molecular complexity index is 960. The molecule has 7 heteroatoms. The predicted molar refractivity (Wildman–Crippen MR) is 111 cm³/mol. The van der Waals surface area contributed by atoms with E-state index < -0.39 is 0 Å². The van der Waals surface area contributed by atoms with E-state index >= 15 is 0 Å². The lowest BCUT2D eigenvalue weighted by atomic mass is 10.1. The van der Waals surface area contributed by atoms with E-state index in [9.17, 15) is 4.79 Å². The number of rotatable bonds is 6. The maximum absolute atomic E-state index is 12.9. The standard InChI is InChI=1S/C22H23ClN4O2/c23-20-11-5-4-9-18(20)13-27-15-21(24-25-27)22(28)26-12-6-10-19(14-26)29-16-17-7-2-1-3-8-17/h1-5,7-9,11,15,19H,6,10,12-14,16H2/t19-/m1/s1. The van der Waals surface area contributed by atoms with Gasteiger partial charge in [-0.1, -0.05) is 65.3 Å². The maximum atomic E-state index is 12.9. The van der Waals surface area contributed by atoms with Crippen LogP contribution in [0.3, 0.4) is 0 Å². The van der Waals surface area contributed by atoms with Crippen molar-refractivity contribution in [3.63, 3.8) is 0 Å². The average Bonchev–Trinajstić information content (AvgIpc) is 3.23. The minimum Gasteiger partial charge on any atom is -0.372 e. The summed E-state index contributed by atoms with van der Waals surface area (Å²) in [5, 5.41) is 8.84. The summed E-state index contributed by atoms with van der Waals surface area (Å²) in [4.78, 5) is 14.7. The van der Waals surface area contributed by atoms with Crippen LogP contribution in [0.5, 0.6) is 0 Å². The van der Waals surface area contributed by atoms with Gasteiger partial charge in [0.15, 0.2) is 5.69 Å². The summed E-state index contributed by atoms with van der Waals surface area (Å²) in [6.07, 6.45) is 3.58. The molecule has 29 heavy (non-hydrogen) atoms. The molecule has 1 atom stereocenters. The Hall–Kier alpha value is -2.70. The number of hydrogen-bond donors (Lipinski definition) is 0. The number of aromatic nitrogens is 3. The predicted octanol–water partition coefficient (Wildman–Crippen LogP) is 3.80. The third-order valence-electron chi connectivity index (χ3n) is 5.04. The number of benzene rings is 2. The average molecular weight is 411 g/mol. The van der Waals surface area contributed by atoms with Crippen molar-refractivity contribution in [2.45, 2.75) is 32.1 Å². The summed E-state index contributed by atoms with van der Waals surface area (Å²) >= 11 is 6.20. The SMILES string of the molecule is O=C(c1cn(Cc2ccccc2Cl)nn1)N1CCC[C@@H](OCc2ccccc2)C1. The van der Waals surface area contributed by atoms with E-state index in [0.29, 0.717) is 37.0 Å². The fourth-order valence-electron chi connectivity index (χ4n) is 3.48. The first-order chi connectivity index (χ1) is 14.2. The van der Waals surface area contributed by atoms with Crippen LogP contribution in [-0.2, 0) is 17.9 Å². The van der Waals surface area contributed by atoms with Gasteiger partial charge in [0.2, 0.25) is 0 Å². The van der Waals surface area contributed by atoms with Crippen molar-refractivity contribution in [3.05, 3.63) is 82.6 Å². The van der Waals surface area contributed by atoms with Gasteiger partial charge >= 0.3 is 0 Å². The molecule has 1 aromatic heterocycles. The normalized spacial score (nSPS) is 16.7. The molecule has 0 N–H and O–H groups in total. The van der Waals surface area contributed by atoms with Crippen LogP contribution in [0.1, 0.15) is 34.5 Å². The fourth-order valence-corrected chi connectivity index (χ4v) is 3.68. The maximum Gasteiger partial charge on any atom is 0.276 e. The highest BCUT2D eigenvalue weighted by atomic mass is 35.5. The molecule has 1 fully saturated rings. The molecule has 1 amide bonds. The van der Waals surface area contributed by atoms with E-state index in [1.807, 2.05) is 59.5 Å². The highest BCUT2D eigenvalue weighted by Gasteiger charge is 2.26. The summed E-state index contributed by atoms with van der Waals surface area (Å²) < 4.78 is 7.67. The van der Waals surface area contributed by atoms with Crippen molar-refractivity contribution in [2.75, 3.05) is 13.1 Å². The molecule has 2 heterocycles. The molecule has 0 spiro atoms. The van der Waals surface area contributed by atoms with Crippen molar-refractivity contribution in [2.24, 2.45) is 0 Å². The third kappa shape index (κ3) is 5.02. The van der Waals surface area contributed by atoms with E-state index in [1.165, 1.54) is 0 Å². The van der Waals surface area contributed by atoms with Gasteiger partial charge < -0.3 is 9.64 Å². The zero-order chi connectivity index (χ0) is 20.1. The molecule has 150 valence electrons. The lowest BCUT2D eigenvalue weighted by Gasteiger charge is -2.32. The second kappa shape index (κ2) is 9.20. The minimum absolute atomic E-state index is 0.0334. The fraction of sp³-hybridized carbons (Fsp3) is 0.318. The molecule has 3 aromatic rings. The zero-order valence-electron chi connectivity index (χ0n) is 16.1. The van der Waals surface area contributed by atoms with Crippen LogP contribution in [0.2, 0.25) is 5.02 Å². The Morgan fingerprint density at radius 3 is 2.76 bits per heavy atom. The Labute approximate surface area is 175 Å². The van der Waals surface area contributed by atoms with Crippen LogP contribution in [0.25, 0.3) is 0 Å². The van der Waals surface area contributed by atoms with Crippen molar-refractivity contribution in [1.29, 1.82) is 0 Å². The van der Waals surface area contributed by atoms with Gasteiger partial charge in [-0.2, -0.15) is 0 Å². The van der Waals surface area contributed by atoms with E-state index in [1.54, 1.807) is 10.9 Å². The van der Waals surface area contributed by atoms with Crippen molar-refractivity contribution < 1.29 is 9.53 Å². The van der Waals surface area contributed by atoms with Crippen molar-refractivity contribution in [1.82, 2.24) is 19.9 Å². The van der Waals surface area contributed by atoms with Gasteiger partial charge in [0, 0.05) is 18.1 Å². The van der Waals surface area contributed by atoms with Crippen molar-refractivity contribution in [3.8, 4) is 0 Å². The number of nitrogens with zero attached hydrogens (tertiary/aromatic N) is 4. The molecule has 0 saturated carbocycles. The molecule has 4 rings (SSSR count). The molecule has 1 aliphatic heterocycles. The third-order valence-corrected chi connectivity index (χ3v) is 5.41. The summed E-state index contributed by atoms with van der Waals surface area (Å²) in [7, 11) is 0. The second-order valence-corrected chi connectivity index (χ2v) is 7.61. The molecular weight excluding hydrogens is 388 g/mol. The van der Waals surface area contributed by atoms with E-state index in [-0.39, 0.29) is 12.0 Å². The first kappa shape index (κ1) is 19.6. The Kier molecular flexibility index (Phi) is 6.22. The minimum atomic E-state index is -0.108. The molecular formula is C22H23ClN4O2. The molecule has 1 aliphatic rings. The lowest BCUT2D eigenvalue weighted by molar-refractivity contribution is -0.00689. The number of carbonyl (C=O) groups is 1. The van der Waals surface area contributed by atoms with Crippen LogP contribution in [0, 0.1) is 0 Å². The van der Waals surface area contributed by atoms with E-state index in [2.05, 4.69) is 10.3 Å². The van der Waals surface area contributed by atoms with Crippen LogP contribution in [-0.4, -0.2) is 45.0 Å². The van der Waals surface area contributed by atoms with E-state index in [0.717, 1.165) is 24.0 Å². The zero-order valence-corrected chi connectivity index (χ0v) is 16.8. The van der Waals surface area contributed by atoms with Crippen LogP contribution in [0.15, 0.2) is 60.8 Å². The number of piperidine rings is 1. The van der Waals surface area contributed by atoms with Crippen LogP contribution >= 0.6 is 11.6 Å². The van der Waals surface area contributed by atoms with Gasteiger partial charge in [-0.3, -0.25) is 4.79 Å². The van der Waals surface area contributed by atoms with Gasteiger partial charge in [-0.05, 0) is 30.0 Å². The Balaban J connectivity index is 1.35. The highest BCUT2D eigenvalue weighted by Crippen LogP contribution is 2.18. The summed E-state index contributed by atoms with van der Waals surface area (Å²) in [5.74, 6) is -0.108. The number of halogens is 1. The summed E-state index contributed by atoms with van der Waals surface area (Å²) in [6.45, 7) is 2.31. The largest absolute Gasteiger partial charge is 0.372 e. The monoisotopic (exact) mass is 410 g/mol. The molecule has 0 radical (unpaired) electrons. The number of ether oxygens (including phenoxy) is 1. The molecule has 6 nitrogen and oxygen atoms in total. The first-order valence-corrected chi connectivity index (χ1v) is 10.1. The van der Waals surface area contributed by atoms with Crippen molar-refractivity contribution >= 4 is 17.5 Å². The molecule has 0 unspecified atom stereocenters. The Morgan fingerprint density at radius 1 is 1.14 bits per heavy atom. The number of carbonyl (C=O) groups excluding carboxylic acids is 1. The highest BCUT2D eigenvalue weighted by molar-refractivity contribution is 6.31.